The van der Waals surface area contributed by atoms with Crippen molar-refractivity contribution < 1.29 is 0 Å². The molecule has 0 fully saturated rings. The lowest BCUT2D eigenvalue weighted by atomic mass is 10.2. The largest absolute Gasteiger partial charge is 0.255 e. The van der Waals surface area contributed by atoms with E-state index in [2.05, 4.69) is 80.4 Å². The molecule has 24 nitrogen and oxygen atoms in total. The van der Waals surface area contributed by atoms with Gasteiger partial charge in [0.2, 0.25) is 0 Å². The van der Waals surface area contributed by atoms with E-state index in [4.69, 9.17) is 9.97 Å². The Balaban J connectivity index is 0.921. The minimum atomic E-state index is 0.473. The van der Waals surface area contributed by atoms with Crippen LogP contribution in [0.4, 0.5) is 34.9 Å². The Kier molecular flexibility index (Phi) is 15.8. The van der Waals surface area contributed by atoms with Crippen LogP contribution in [-0.2, 0) is 0 Å². The van der Waals surface area contributed by atoms with Crippen LogP contribution in [0.2, 0.25) is 0 Å². The average molecular weight is 959 g/mol. The SMILES string of the molecule is CN(/N=C/c1ccccn1)c1cc(N(C)/N=C/c2cc(/C=N/N(C)c3cc(N(C)/N=C/c4cc(/C=N/N(C)c5cc(N(C)/N=C/c6ccccn6)ncn5)ncn4)nc(-c4ccccc4)n3)ncn2)ncn1. The molecule has 0 radical (unpaired) electrons. The summed E-state index contributed by atoms with van der Waals surface area (Å²) in [5.41, 5.74) is 4.41. The Hall–Kier alpha value is -10.3. The molecule has 358 valence electrons. The first-order valence-corrected chi connectivity index (χ1v) is 21.8. The molecule has 0 spiro atoms. The first-order valence-electron chi connectivity index (χ1n) is 21.8. The molecular formula is C48H46N24. The summed E-state index contributed by atoms with van der Waals surface area (Å²) in [6.45, 7) is 0. The van der Waals surface area contributed by atoms with Crippen molar-refractivity contribution in [2.24, 2.45) is 30.6 Å². The maximum absolute atomic E-state index is 4.84. The molecule has 0 aliphatic heterocycles. The fourth-order valence-corrected chi connectivity index (χ4v) is 6.05. The lowest BCUT2D eigenvalue weighted by Gasteiger charge is -2.18. The van der Waals surface area contributed by atoms with Crippen molar-refractivity contribution >= 4 is 72.2 Å². The van der Waals surface area contributed by atoms with E-state index in [0.717, 1.165) is 17.0 Å². The third-order valence-electron chi connectivity index (χ3n) is 9.97. The standard InChI is InChI=1S/C48H46N24/c1-67(59-25-36-16-10-12-18-49-36)42-22-44(57-33-55-42)69(3)61-27-38-20-40(53-31-51-38)29-63-71(5)46-24-47(66-48(65-46)35-14-8-7-9-15-35)72(6)64-30-41-21-39(52-32-54-41)28-62-70(4)45-23-43(56-34-58-45)68(2)60-26-37-17-11-13-19-50-37/h7-34H,1-6H3/b59-25+,60-26+,61-27+,62-28+,63-29+,64-30+. The predicted octanol–water partition coefficient (Wildman–Crippen LogP) is 4.92. The zero-order chi connectivity index (χ0) is 50.1. The minimum Gasteiger partial charge on any atom is -0.255 e. The van der Waals surface area contributed by atoms with Gasteiger partial charge in [-0.1, -0.05) is 42.5 Å². The minimum absolute atomic E-state index is 0.473. The van der Waals surface area contributed by atoms with E-state index in [1.165, 1.54) is 25.3 Å². The highest BCUT2D eigenvalue weighted by Crippen LogP contribution is 2.24. The molecule has 0 aliphatic carbocycles. The maximum atomic E-state index is 4.84. The van der Waals surface area contributed by atoms with Crippen molar-refractivity contribution in [3.8, 4) is 11.4 Å². The van der Waals surface area contributed by atoms with Gasteiger partial charge in [0, 0.05) is 78.4 Å². The number of anilines is 6. The molecule has 0 saturated heterocycles. The molecule has 24 heteroatoms. The second-order valence-corrected chi connectivity index (χ2v) is 15.1. The molecule has 0 unspecified atom stereocenters. The van der Waals surface area contributed by atoms with Gasteiger partial charge in [-0.3, -0.25) is 40.0 Å². The summed E-state index contributed by atoms with van der Waals surface area (Å²) in [6, 6.07) is 29.6. The van der Waals surface area contributed by atoms with E-state index in [1.807, 2.05) is 66.7 Å². The van der Waals surface area contributed by atoms with Gasteiger partial charge in [-0.25, -0.2) is 49.8 Å². The molecule has 0 aliphatic rings. The zero-order valence-corrected chi connectivity index (χ0v) is 39.9. The molecule has 7 aromatic heterocycles. The van der Waals surface area contributed by atoms with Gasteiger partial charge in [-0.15, -0.1) is 0 Å². The summed E-state index contributed by atoms with van der Waals surface area (Å²) in [4.78, 5) is 53.1. The highest BCUT2D eigenvalue weighted by molar-refractivity contribution is 5.85. The average Bonchev–Trinajstić information content (AvgIpc) is 3.44. The Bertz CT molecular complexity index is 3030. The van der Waals surface area contributed by atoms with Crippen molar-refractivity contribution in [3.63, 3.8) is 0 Å². The summed E-state index contributed by atoms with van der Waals surface area (Å²) in [6.07, 6.45) is 18.9. The number of rotatable bonds is 19. The van der Waals surface area contributed by atoms with E-state index in [-0.39, 0.29) is 0 Å². The van der Waals surface area contributed by atoms with Crippen LogP contribution in [0.1, 0.15) is 34.2 Å². The highest BCUT2D eigenvalue weighted by Gasteiger charge is 2.14. The van der Waals surface area contributed by atoms with Gasteiger partial charge in [0.1, 0.15) is 25.3 Å². The molecule has 0 amide bonds. The fourth-order valence-electron chi connectivity index (χ4n) is 6.05. The second-order valence-electron chi connectivity index (χ2n) is 15.1. The van der Waals surface area contributed by atoms with Crippen molar-refractivity contribution in [1.29, 1.82) is 0 Å². The topological polar surface area (TPSA) is 248 Å². The number of aromatic nitrogens is 12. The molecule has 8 rings (SSSR count). The van der Waals surface area contributed by atoms with E-state index in [9.17, 15) is 0 Å². The van der Waals surface area contributed by atoms with E-state index in [1.54, 1.807) is 152 Å². The van der Waals surface area contributed by atoms with Crippen LogP contribution in [0.3, 0.4) is 0 Å². The predicted molar refractivity (Wildman–Crippen MR) is 280 cm³/mol. The summed E-state index contributed by atoms with van der Waals surface area (Å²) in [5.74, 6) is 3.69. The Morgan fingerprint density at radius 2 is 0.611 bits per heavy atom. The molecule has 8 aromatic rings. The van der Waals surface area contributed by atoms with Crippen LogP contribution >= 0.6 is 0 Å². The summed E-state index contributed by atoms with van der Waals surface area (Å²) >= 11 is 0. The summed E-state index contributed by atoms with van der Waals surface area (Å²) in [5, 5.41) is 36.9. The fraction of sp³-hybridized carbons (Fsp3) is 0.125. The van der Waals surface area contributed by atoms with E-state index < -0.39 is 0 Å². The van der Waals surface area contributed by atoms with Gasteiger partial charge >= 0.3 is 0 Å². The third-order valence-corrected chi connectivity index (χ3v) is 9.97. The molecule has 0 atom stereocenters. The van der Waals surface area contributed by atoms with Crippen LogP contribution in [0.15, 0.2) is 165 Å². The van der Waals surface area contributed by atoms with Gasteiger partial charge in [0.15, 0.2) is 40.7 Å². The smallest absolute Gasteiger partial charge is 0.164 e. The van der Waals surface area contributed by atoms with Crippen molar-refractivity contribution in [3.05, 3.63) is 169 Å². The third kappa shape index (κ3) is 13.5. The normalized spacial score (nSPS) is 11.7. The molecule has 7 heterocycles. The van der Waals surface area contributed by atoms with Gasteiger partial charge in [0.05, 0.1) is 71.5 Å². The molecule has 0 saturated carbocycles. The van der Waals surface area contributed by atoms with Gasteiger partial charge < -0.3 is 0 Å². The molecular weight excluding hydrogens is 913 g/mol. The van der Waals surface area contributed by atoms with Crippen LogP contribution in [0.5, 0.6) is 0 Å². The lowest BCUT2D eigenvalue weighted by Crippen LogP contribution is -2.16. The van der Waals surface area contributed by atoms with Crippen LogP contribution in [-0.4, -0.2) is 139 Å². The quantitative estimate of drug-likeness (QED) is 0.0771. The van der Waals surface area contributed by atoms with Crippen LogP contribution < -0.4 is 30.1 Å². The summed E-state index contributed by atoms with van der Waals surface area (Å²) < 4.78 is 0. The zero-order valence-electron chi connectivity index (χ0n) is 39.9. The second kappa shape index (κ2) is 23.6. The summed E-state index contributed by atoms with van der Waals surface area (Å²) in [7, 11) is 10.7. The monoisotopic (exact) mass is 958 g/mol. The first kappa shape index (κ1) is 48.2. The lowest BCUT2D eigenvalue weighted by molar-refractivity contribution is 0.930. The molecule has 0 bridgehead atoms. The number of hydrogen-bond acceptors (Lipinski definition) is 24. The Labute approximate surface area is 414 Å². The van der Waals surface area contributed by atoms with Crippen molar-refractivity contribution in [2.45, 2.75) is 0 Å². The van der Waals surface area contributed by atoms with Gasteiger partial charge in [0.25, 0.3) is 0 Å². The number of hydrogen-bond donors (Lipinski definition) is 0. The van der Waals surface area contributed by atoms with Crippen molar-refractivity contribution in [2.75, 3.05) is 72.3 Å². The number of nitrogens with zero attached hydrogens (tertiary/aromatic N) is 24. The molecule has 72 heavy (non-hydrogen) atoms. The number of benzene rings is 1. The van der Waals surface area contributed by atoms with Crippen LogP contribution in [0, 0.1) is 0 Å². The number of pyridine rings is 2. The molecule has 0 N–H and O–H groups in total. The Morgan fingerprint density at radius 1 is 0.306 bits per heavy atom. The number of hydrazone groups is 6. The maximum Gasteiger partial charge on any atom is 0.164 e. The highest BCUT2D eigenvalue weighted by atomic mass is 15.5. The van der Waals surface area contributed by atoms with Crippen molar-refractivity contribution in [1.82, 2.24) is 59.8 Å². The van der Waals surface area contributed by atoms with Crippen LogP contribution in [0.25, 0.3) is 11.4 Å². The van der Waals surface area contributed by atoms with Gasteiger partial charge in [-0.2, -0.15) is 30.6 Å². The first-order chi connectivity index (χ1) is 35.1. The Morgan fingerprint density at radius 3 is 0.958 bits per heavy atom. The molecule has 1 aromatic carbocycles. The van der Waals surface area contributed by atoms with Gasteiger partial charge in [-0.05, 0) is 36.4 Å². The van der Waals surface area contributed by atoms with E-state index >= 15 is 0 Å². The van der Waals surface area contributed by atoms with E-state index in [0.29, 0.717) is 63.5 Å².